The Bertz CT molecular complexity index is 308. The highest BCUT2D eigenvalue weighted by Crippen LogP contribution is 2.36. The van der Waals surface area contributed by atoms with Gasteiger partial charge in [0.25, 0.3) is 5.91 Å². The van der Waals surface area contributed by atoms with Gasteiger partial charge in [0, 0.05) is 26.0 Å². The number of amides is 1. The lowest BCUT2D eigenvalue weighted by Gasteiger charge is -2.41. The van der Waals surface area contributed by atoms with E-state index in [1.807, 2.05) is 6.92 Å². The summed E-state index contributed by atoms with van der Waals surface area (Å²) >= 11 is 0. The first-order valence-electron chi connectivity index (χ1n) is 5.96. The fraction of sp³-hybridized carbons (Fsp3) is 0.818. The van der Waals surface area contributed by atoms with Crippen LogP contribution < -0.4 is 10.6 Å². The van der Waals surface area contributed by atoms with Crippen LogP contribution in [0.15, 0.2) is 4.99 Å². The maximum absolute atomic E-state index is 11.8. The predicted molar refractivity (Wildman–Crippen MR) is 61.3 cm³/mol. The van der Waals surface area contributed by atoms with E-state index in [4.69, 9.17) is 4.74 Å². The summed E-state index contributed by atoms with van der Waals surface area (Å²) in [5.41, 5.74) is -0.438. The van der Waals surface area contributed by atoms with Crippen molar-refractivity contribution in [1.82, 2.24) is 10.6 Å². The normalized spacial score (nSPS) is 35.0. The van der Waals surface area contributed by atoms with E-state index in [9.17, 15) is 4.79 Å². The van der Waals surface area contributed by atoms with Crippen molar-refractivity contribution < 1.29 is 9.53 Å². The van der Waals surface area contributed by atoms with Gasteiger partial charge < -0.3 is 10.1 Å². The van der Waals surface area contributed by atoms with Crippen molar-refractivity contribution in [2.24, 2.45) is 4.99 Å². The Kier molecular flexibility index (Phi) is 3.14. The number of nitrogens with zero attached hydrogens (tertiary/aromatic N) is 1. The second-order valence-corrected chi connectivity index (χ2v) is 4.38. The third kappa shape index (κ3) is 1.91. The molecule has 1 heterocycles. The van der Waals surface area contributed by atoms with E-state index >= 15 is 0 Å². The van der Waals surface area contributed by atoms with Crippen LogP contribution in [0, 0.1) is 0 Å². The fourth-order valence-electron chi connectivity index (χ4n) is 2.20. The predicted octanol–water partition coefficient (Wildman–Crippen LogP) is 0.409. The van der Waals surface area contributed by atoms with Gasteiger partial charge in [-0.25, -0.2) is 0 Å². The van der Waals surface area contributed by atoms with Gasteiger partial charge >= 0.3 is 0 Å². The number of aliphatic imine (C=N–C) groups is 1. The highest BCUT2D eigenvalue weighted by molar-refractivity contribution is 6.09. The molecule has 0 atom stereocenters. The molecule has 1 amide bonds. The Morgan fingerprint density at radius 2 is 2.25 bits per heavy atom. The highest BCUT2D eigenvalue weighted by atomic mass is 16.5. The standard InChI is InChI=1S/C11H19N3O2/c1-3-5-12-10-13-9(15)11(14-10)6-8(7-11)16-4-2/h8H,3-7H2,1-2H3,(H2,12,13,14,15). The second-order valence-electron chi connectivity index (χ2n) is 4.38. The molecule has 5 heteroatoms. The van der Waals surface area contributed by atoms with Gasteiger partial charge in [0.2, 0.25) is 0 Å². The summed E-state index contributed by atoms with van der Waals surface area (Å²) in [5.74, 6) is 0.667. The zero-order valence-electron chi connectivity index (χ0n) is 9.88. The van der Waals surface area contributed by atoms with E-state index < -0.39 is 5.54 Å². The summed E-state index contributed by atoms with van der Waals surface area (Å²) < 4.78 is 5.47. The van der Waals surface area contributed by atoms with Gasteiger partial charge in [-0.05, 0) is 13.3 Å². The topological polar surface area (TPSA) is 62.7 Å². The summed E-state index contributed by atoms with van der Waals surface area (Å²) in [5, 5.41) is 5.97. The highest BCUT2D eigenvalue weighted by Gasteiger charge is 2.55. The van der Waals surface area contributed by atoms with Crippen molar-refractivity contribution in [3.63, 3.8) is 0 Å². The maximum atomic E-state index is 11.8. The number of guanidine groups is 1. The SMILES string of the molecule is CCCN=C1NC(=O)C2(CC(OCC)C2)N1. The Morgan fingerprint density at radius 1 is 1.50 bits per heavy atom. The molecule has 0 aromatic rings. The Hall–Kier alpha value is -1.10. The van der Waals surface area contributed by atoms with Gasteiger partial charge in [-0.3, -0.25) is 15.1 Å². The van der Waals surface area contributed by atoms with Crippen LogP contribution in [-0.4, -0.2) is 36.7 Å². The molecule has 1 spiro atoms. The first-order valence-corrected chi connectivity index (χ1v) is 5.96. The van der Waals surface area contributed by atoms with Gasteiger partial charge in [-0.2, -0.15) is 0 Å². The van der Waals surface area contributed by atoms with Crippen LogP contribution in [0.4, 0.5) is 0 Å². The number of ether oxygens (including phenoxy) is 1. The largest absolute Gasteiger partial charge is 0.378 e. The molecular formula is C11H19N3O2. The van der Waals surface area contributed by atoms with E-state index in [1.54, 1.807) is 0 Å². The smallest absolute Gasteiger partial charge is 0.252 e. The summed E-state index contributed by atoms with van der Waals surface area (Å²) in [6.07, 6.45) is 2.69. The second kappa shape index (κ2) is 4.41. The monoisotopic (exact) mass is 225 g/mol. The first-order chi connectivity index (χ1) is 7.70. The van der Waals surface area contributed by atoms with Crippen molar-refractivity contribution in [3.8, 4) is 0 Å². The van der Waals surface area contributed by atoms with E-state index in [0.29, 0.717) is 12.6 Å². The summed E-state index contributed by atoms with van der Waals surface area (Å²) in [6.45, 7) is 5.49. The lowest BCUT2D eigenvalue weighted by atomic mass is 9.74. The van der Waals surface area contributed by atoms with E-state index in [0.717, 1.165) is 25.8 Å². The molecule has 16 heavy (non-hydrogen) atoms. The minimum atomic E-state index is -0.438. The average Bonchev–Trinajstić information content (AvgIpc) is 2.53. The third-order valence-electron chi connectivity index (χ3n) is 3.07. The molecule has 1 saturated carbocycles. The molecule has 90 valence electrons. The van der Waals surface area contributed by atoms with Crippen molar-refractivity contribution in [2.45, 2.75) is 44.8 Å². The Labute approximate surface area is 95.6 Å². The Balaban J connectivity index is 1.92. The van der Waals surface area contributed by atoms with Gasteiger partial charge in [0.15, 0.2) is 5.96 Å². The quantitative estimate of drug-likeness (QED) is 0.728. The molecule has 1 saturated heterocycles. The molecule has 0 bridgehead atoms. The average molecular weight is 225 g/mol. The molecule has 0 aromatic carbocycles. The van der Waals surface area contributed by atoms with Crippen LogP contribution >= 0.6 is 0 Å². The number of rotatable bonds is 4. The zero-order chi connectivity index (χ0) is 11.6. The molecule has 2 rings (SSSR count). The zero-order valence-corrected chi connectivity index (χ0v) is 9.88. The van der Waals surface area contributed by atoms with Crippen LogP contribution in [0.2, 0.25) is 0 Å². The van der Waals surface area contributed by atoms with Crippen LogP contribution in [0.3, 0.4) is 0 Å². The maximum Gasteiger partial charge on any atom is 0.252 e. The van der Waals surface area contributed by atoms with Gasteiger partial charge in [-0.15, -0.1) is 0 Å². The van der Waals surface area contributed by atoms with Crippen molar-refractivity contribution in [2.75, 3.05) is 13.2 Å². The first kappa shape index (κ1) is 11.4. The van der Waals surface area contributed by atoms with Crippen molar-refractivity contribution in [3.05, 3.63) is 0 Å². The summed E-state index contributed by atoms with van der Waals surface area (Å²) in [6, 6.07) is 0. The Morgan fingerprint density at radius 3 is 2.88 bits per heavy atom. The molecule has 1 aliphatic heterocycles. The van der Waals surface area contributed by atoms with Crippen LogP contribution in [0.5, 0.6) is 0 Å². The minimum absolute atomic E-state index is 0.0401. The fourth-order valence-corrected chi connectivity index (χ4v) is 2.20. The molecule has 1 aliphatic carbocycles. The van der Waals surface area contributed by atoms with E-state index in [2.05, 4.69) is 22.5 Å². The van der Waals surface area contributed by atoms with Crippen molar-refractivity contribution in [1.29, 1.82) is 0 Å². The van der Waals surface area contributed by atoms with Gasteiger partial charge in [0.1, 0.15) is 5.54 Å². The number of hydrogen-bond donors (Lipinski definition) is 2. The lowest BCUT2D eigenvalue weighted by Crippen LogP contribution is -2.59. The van der Waals surface area contributed by atoms with Crippen LogP contribution in [0.1, 0.15) is 33.1 Å². The summed E-state index contributed by atoms with van der Waals surface area (Å²) in [4.78, 5) is 16.1. The van der Waals surface area contributed by atoms with Crippen LogP contribution in [0.25, 0.3) is 0 Å². The summed E-state index contributed by atoms with van der Waals surface area (Å²) in [7, 11) is 0. The minimum Gasteiger partial charge on any atom is -0.378 e. The molecule has 2 aliphatic rings. The number of nitrogens with one attached hydrogen (secondary N) is 2. The van der Waals surface area contributed by atoms with Gasteiger partial charge in [0.05, 0.1) is 6.10 Å². The molecule has 5 nitrogen and oxygen atoms in total. The number of carbonyl (C=O) groups excluding carboxylic acids is 1. The molecule has 0 radical (unpaired) electrons. The number of carbonyl (C=O) groups is 1. The molecular weight excluding hydrogens is 206 g/mol. The molecule has 0 unspecified atom stereocenters. The van der Waals surface area contributed by atoms with Crippen LogP contribution in [-0.2, 0) is 9.53 Å². The lowest BCUT2D eigenvalue weighted by molar-refractivity contribution is -0.134. The third-order valence-corrected chi connectivity index (χ3v) is 3.07. The van der Waals surface area contributed by atoms with E-state index in [-0.39, 0.29) is 12.0 Å². The molecule has 2 N–H and O–H groups in total. The van der Waals surface area contributed by atoms with Gasteiger partial charge in [-0.1, -0.05) is 6.92 Å². The van der Waals surface area contributed by atoms with Crippen molar-refractivity contribution >= 4 is 11.9 Å². The molecule has 2 fully saturated rings. The number of hydrogen-bond acceptors (Lipinski definition) is 3. The van der Waals surface area contributed by atoms with E-state index in [1.165, 1.54) is 0 Å². The molecule has 0 aromatic heterocycles.